The molecule has 0 amide bonds. The van der Waals surface area contributed by atoms with E-state index in [-0.39, 0.29) is 23.5 Å². The highest BCUT2D eigenvalue weighted by atomic mass is 35.5. The number of rotatable bonds is 4. The minimum atomic E-state index is -2.85. The maximum atomic E-state index is 12.7. The van der Waals surface area contributed by atoms with Crippen molar-refractivity contribution in [1.29, 1.82) is 0 Å². The fourth-order valence-electron chi connectivity index (χ4n) is 1.66. The van der Waals surface area contributed by atoms with Crippen molar-refractivity contribution in [2.24, 2.45) is 0 Å². The van der Waals surface area contributed by atoms with E-state index in [0.29, 0.717) is 5.02 Å². The van der Waals surface area contributed by atoms with Crippen LogP contribution in [0, 0.1) is 0 Å². The minimum absolute atomic E-state index is 0.106. The molecule has 0 radical (unpaired) electrons. The van der Waals surface area contributed by atoms with Crippen molar-refractivity contribution in [2.75, 3.05) is 0 Å². The fraction of sp³-hybridized carbons (Fsp3) is 0.167. The lowest BCUT2D eigenvalue weighted by molar-refractivity contribution is 0.110. The summed E-state index contributed by atoms with van der Waals surface area (Å²) in [5, 5.41) is 4.08. The number of nitrogens with zero attached hydrogens (tertiary/aromatic N) is 2. The molecule has 1 heterocycles. The van der Waals surface area contributed by atoms with E-state index in [1.165, 1.54) is 0 Å². The van der Waals surface area contributed by atoms with Gasteiger partial charge in [-0.05, 0) is 17.7 Å². The molecule has 2 rings (SSSR count). The highest BCUT2D eigenvalue weighted by Gasteiger charge is 2.22. The highest BCUT2D eigenvalue weighted by molar-refractivity contribution is 6.32. The van der Waals surface area contributed by atoms with Gasteiger partial charge in [0, 0.05) is 5.02 Å². The topological polar surface area (TPSA) is 34.9 Å². The van der Waals surface area contributed by atoms with Crippen molar-refractivity contribution in [3.05, 3.63) is 51.3 Å². The Kier molecular flexibility index (Phi) is 4.17. The zero-order chi connectivity index (χ0) is 14.0. The van der Waals surface area contributed by atoms with E-state index in [1.807, 2.05) is 0 Å². The average molecular weight is 305 g/mol. The molecular formula is C12H8Cl2F2N2O. The van der Waals surface area contributed by atoms with Crippen LogP contribution in [0.1, 0.15) is 28.0 Å². The molecule has 0 saturated heterocycles. The van der Waals surface area contributed by atoms with E-state index in [1.54, 1.807) is 24.3 Å². The van der Waals surface area contributed by atoms with Gasteiger partial charge in [0.05, 0.1) is 12.1 Å². The third-order valence-corrected chi connectivity index (χ3v) is 3.13. The van der Waals surface area contributed by atoms with Gasteiger partial charge in [-0.15, -0.1) is 0 Å². The van der Waals surface area contributed by atoms with Crippen LogP contribution in [0.15, 0.2) is 24.3 Å². The number of carbonyl (C=O) groups excluding carboxylic acids is 1. The second-order valence-corrected chi connectivity index (χ2v) is 4.59. The molecule has 0 aliphatic carbocycles. The largest absolute Gasteiger partial charge is 0.298 e. The molecule has 0 atom stereocenters. The first kappa shape index (κ1) is 14.0. The zero-order valence-electron chi connectivity index (χ0n) is 9.49. The van der Waals surface area contributed by atoms with Gasteiger partial charge < -0.3 is 0 Å². The summed E-state index contributed by atoms with van der Waals surface area (Å²) in [6, 6.07) is 6.84. The van der Waals surface area contributed by atoms with Crippen molar-refractivity contribution in [3.8, 4) is 0 Å². The van der Waals surface area contributed by atoms with Gasteiger partial charge in [-0.25, -0.2) is 13.5 Å². The van der Waals surface area contributed by atoms with E-state index < -0.39 is 12.1 Å². The summed E-state index contributed by atoms with van der Waals surface area (Å²) in [6.45, 7) is 0.160. The summed E-state index contributed by atoms with van der Waals surface area (Å²) in [4.78, 5) is 10.8. The summed E-state index contributed by atoms with van der Waals surface area (Å²) in [5.41, 5.74) is -0.143. The summed E-state index contributed by atoms with van der Waals surface area (Å²) in [7, 11) is 0. The molecular weight excluding hydrogens is 297 g/mol. The van der Waals surface area contributed by atoms with E-state index >= 15 is 0 Å². The van der Waals surface area contributed by atoms with Crippen molar-refractivity contribution in [3.63, 3.8) is 0 Å². The first-order valence-corrected chi connectivity index (χ1v) is 6.02. The Balaban J connectivity index is 2.38. The molecule has 0 aliphatic heterocycles. The van der Waals surface area contributed by atoms with Crippen LogP contribution in [-0.2, 0) is 6.54 Å². The molecule has 0 fully saturated rings. The van der Waals surface area contributed by atoms with E-state index in [9.17, 15) is 13.6 Å². The summed E-state index contributed by atoms with van der Waals surface area (Å²) >= 11 is 11.7. The SMILES string of the molecule is O=Cc1c(C(F)F)nn(Cc2cccc(Cl)c2)c1Cl. The van der Waals surface area contributed by atoms with Gasteiger partial charge in [0.2, 0.25) is 0 Å². The Labute approximate surface area is 117 Å². The van der Waals surface area contributed by atoms with E-state index in [0.717, 1.165) is 10.2 Å². The van der Waals surface area contributed by atoms with Gasteiger partial charge in [0.1, 0.15) is 10.8 Å². The molecule has 0 unspecified atom stereocenters. The van der Waals surface area contributed by atoms with Gasteiger partial charge in [0.15, 0.2) is 6.29 Å². The Morgan fingerprint density at radius 2 is 2.11 bits per heavy atom. The molecule has 1 aromatic heterocycles. The third kappa shape index (κ3) is 2.93. The van der Waals surface area contributed by atoms with Gasteiger partial charge in [-0.2, -0.15) is 5.10 Å². The van der Waals surface area contributed by atoms with Crippen molar-refractivity contribution < 1.29 is 13.6 Å². The van der Waals surface area contributed by atoms with Crippen LogP contribution >= 0.6 is 23.2 Å². The first-order valence-electron chi connectivity index (χ1n) is 5.27. The maximum absolute atomic E-state index is 12.7. The predicted molar refractivity (Wildman–Crippen MR) is 68.1 cm³/mol. The van der Waals surface area contributed by atoms with Crippen LogP contribution in [0.3, 0.4) is 0 Å². The van der Waals surface area contributed by atoms with Crippen LogP contribution in [0.2, 0.25) is 10.2 Å². The smallest absolute Gasteiger partial charge is 0.282 e. The summed E-state index contributed by atoms with van der Waals surface area (Å²) < 4.78 is 26.5. The number of alkyl halides is 2. The monoisotopic (exact) mass is 304 g/mol. The van der Waals surface area contributed by atoms with Gasteiger partial charge >= 0.3 is 0 Å². The average Bonchev–Trinajstić information content (AvgIpc) is 2.66. The number of benzene rings is 1. The lowest BCUT2D eigenvalue weighted by Crippen LogP contribution is -2.02. The molecule has 1 aromatic carbocycles. The van der Waals surface area contributed by atoms with E-state index in [4.69, 9.17) is 23.2 Å². The van der Waals surface area contributed by atoms with Crippen molar-refractivity contribution in [1.82, 2.24) is 9.78 Å². The number of aldehydes is 1. The van der Waals surface area contributed by atoms with Crippen molar-refractivity contribution >= 4 is 29.5 Å². The van der Waals surface area contributed by atoms with Gasteiger partial charge in [-0.1, -0.05) is 35.3 Å². The van der Waals surface area contributed by atoms with Gasteiger partial charge in [-0.3, -0.25) is 4.79 Å². The Morgan fingerprint density at radius 1 is 1.37 bits per heavy atom. The Bertz CT molecular complexity index is 614. The normalized spacial score (nSPS) is 11.0. The molecule has 0 aliphatic rings. The van der Waals surface area contributed by atoms with E-state index in [2.05, 4.69) is 5.10 Å². The van der Waals surface area contributed by atoms with Crippen LogP contribution in [0.4, 0.5) is 8.78 Å². The highest BCUT2D eigenvalue weighted by Crippen LogP contribution is 2.27. The number of carbonyl (C=O) groups is 1. The molecule has 7 heteroatoms. The molecule has 0 saturated carbocycles. The quantitative estimate of drug-likeness (QED) is 0.801. The second kappa shape index (κ2) is 5.67. The molecule has 100 valence electrons. The Hall–Kier alpha value is -1.46. The maximum Gasteiger partial charge on any atom is 0.282 e. The zero-order valence-corrected chi connectivity index (χ0v) is 11.0. The van der Waals surface area contributed by atoms with Crippen LogP contribution in [0.5, 0.6) is 0 Å². The summed E-state index contributed by atoms with van der Waals surface area (Å²) in [5.74, 6) is 0. The number of hydrogen-bond acceptors (Lipinski definition) is 2. The van der Waals surface area contributed by atoms with Crippen LogP contribution < -0.4 is 0 Å². The Morgan fingerprint density at radius 3 is 2.63 bits per heavy atom. The summed E-state index contributed by atoms with van der Waals surface area (Å²) in [6.07, 6.45) is -2.57. The standard InChI is InChI=1S/C12H8Cl2F2N2O/c13-8-3-1-2-7(4-8)5-18-11(14)9(6-19)10(17-18)12(15)16/h1-4,6,12H,5H2. The molecule has 0 spiro atoms. The lowest BCUT2D eigenvalue weighted by Gasteiger charge is -2.03. The number of halogens is 4. The minimum Gasteiger partial charge on any atom is -0.298 e. The van der Waals surface area contributed by atoms with Crippen molar-refractivity contribution in [2.45, 2.75) is 13.0 Å². The molecule has 2 aromatic rings. The number of aromatic nitrogens is 2. The fourth-order valence-corrected chi connectivity index (χ4v) is 2.11. The number of hydrogen-bond donors (Lipinski definition) is 0. The van der Waals surface area contributed by atoms with Crippen LogP contribution in [0.25, 0.3) is 0 Å². The van der Waals surface area contributed by atoms with Gasteiger partial charge in [0.25, 0.3) is 6.43 Å². The molecule has 19 heavy (non-hydrogen) atoms. The second-order valence-electron chi connectivity index (χ2n) is 3.80. The molecule has 0 N–H and O–H groups in total. The third-order valence-electron chi connectivity index (χ3n) is 2.50. The molecule has 0 bridgehead atoms. The molecule has 3 nitrogen and oxygen atoms in total. The lowest BCUT2D eigenvalue weighted by atomic mass is 10.2. The first-order chi connectivity index (χ1) is 9.02. The predicted octanol–water partition coefficient (Wildman–Crippen LogP) is 3.99. The van der Waals surface area contributed by atoms with Crippen LogP contribution in [-0.4, -0.2) is 16.1 Å².